The maximum Gasteiger partial charge on any atom is 0.249 e. The van der Waals surface area contributed by atoms with E-state index in [1.165, 1.54) is 30.0 Å². The Morgan fingerprint density at radius 1 is 1.23 bits per heavy atom. The van der Waals surface area contributed by atoms with E-state index in [1.54, 1.807) is 0 Å². The predicted molar refractivity (Wildman–Crippen MR) is 109 cm³/mol. The standard InChI is InChI=1S/C20H30N4O6/c1-12(20(30)24-8-6-14(24)18(28)21-7-9-23(2)3)22-19(29)17(27)11-13-4-5-15(25)16(26)10-13/h4-5,10,12,14,17,25-27H,6-9,11H2,1-3H3,(H,21,28)(H,22,29). The molecule has 0 aliphatic carbocycles. The summed E-state index contributed by atoms with van der Waals surface area (Å²) in [6, 6.07) is 2.52. The molecule has 1 fully saturated rings. The first-order valence-electron chi connectivity index (χ1n) is 9.82. The fraction of sp³-hybridized carbons (Fsp3) is 0.550. The van der Waals surface area contributed by atoms with Crippen molar-refractivity contribution in [3.05, 3.63) is 23.8 Å². The highest BCUT2D eigenvalue weighted by Gasteiger charge is 2.39. The molecule has 1 heterocycles. The Labute approximate surface area is 175 Å². The van der Waals surface area contributed by atoms with Crippen LogP contribution in [0.15, 0.2) is 18.2 Å². The summed E-state index contributed by atoms with van der Waals surface area (Å²) < 4.78 is 0. The normalized spacial score (nSPS) is 17.8. The number of likely N-dealkylation sites (tertiary alicyclic amines) is 1. The Bertz CT molecular complexity index is 785. The van der Waals surface area contributed by atoms with Gasteiger partial charge >= 0.3 is 0 Å². The van der Waals surface area contributed by atoms with E-state index in [0.717, 1.165) is 0 Å². The fourth-order valence-electron chi connectivity index (χ4n) is 3.08. The Morgan fingerprint density at radius 3 is 2.50 bits per heavy atom. The molecule has 2 rings (SSSR count). The van der Waals surface area contributed by atoms with Gasteiger partial charge in [0.25, 0.3) is 0 Å². The summed E-state index contributed by atoms with van der Waals surface area (Å²) in [5.74, 6) is -2.00. The van der Waals surface area contributed by atoms with E-state index in [1.807, 2.05) is 19.0 Å². The largest absolute Gasteiger partial charge is 0.504 e. The number of aliphatic hydroxyl groups excluding tert-OH is 1. The third kappa shape index (κ3) is 6.07. The lowest BCUT2D eigenvalue weighted by Crippen LogP contribution is -2.62. The summed E-state index contributed by atoms with van der Waals surface area (Å²) in [7, 11) is 3.79. The molecule has 1 aromatic rings. The van der Waals surface area contributed by atoms with E-state index in [2.05, 4.69) is 10.6 Å². The third-order valence-corrected chi connectivity index (χ3v) is 4.96. The third-order valence-electron chi connectivity index (χ3n) is 4.96. The van der Waals surface area contributed by atoms with Crippen molar-refractivity contribution in [3.63, 3.8) is 0 Å². The molecule has 1 aromatic carbocycles. The fourth-order valence-corrected chi connectivity index (χ4v) is 3.08. The van der Waals surface area contributed by atoms with Gasteiger partial charge in [0, 0.05) is 26.1 Å². The second kappa shape index (κ2) is 10.3. The van der Waals surface area contributed by atoms with Gasteiger partial charge in [0.15, 0.2) is 11.5 Å². The maximum atomic E-state index is 12.6. The number of rotatable bonds is 9. The lowest BCUT2D eigenvalue weighted by atomic mass is 10.0. The van der Waals surface area contributed by atoms with Gasteiger partial charge in [0.1, 0.15) is 18.2 Å². The molecule has 1 saturated heterocycles. The van der Waals surface area contributed by atoms with Crippen LogP contribution in [0.3, 0.4) is 0 Å². The average Bonchev–Trinajstić information content (AvgIpc) is 2.63. The van der Waals surface area contributed by atoms with Crippen molar-refractivity contribution in [1.82, 2.24) is 20.4 Å². The van der Waals surface area contributed by atoms with Gasteiger partial charge in [-0.3, -0.25) is 14.4 Å². The van der Waals surface area contributed by atoms with Gasteiger partial charge in [-0.1, -0.05) is 6.07 Å². The molecule has 0 aromatic heterocycles. The van der Waals surface area contributed by atoms with E-state index in [-0.39, 0.29) is 23.8 Å². The lowest BCUT2D eigenvalue weighted by molar-refractivity contribution is -0.150. The Kier molecular flexibility index (Phi) is 8.01. The van der Waals surface area contributed by atoms with Crippen molar-refractivity contribution in [2.45, 2.75) is 38.0 Å². The number of nitrogens with one attached hydrogen (secondary N) is 2. The molecule has 3 atom stereocenters. The van der Waals surface area contributed by atoms with Crippen LogP contribution in [0.1, 0.15) is 18.9 Å². The van der Waals surface area contributed by atoms with Gasteiger partial charge in [-0.15, -0.1) is 0 Å². The summed E-state index contributed by atoms with van der Waals surface area (Å²) >= 11 is 0. The number of likely N-dealkylation sites (N-methyl/N-ethyl adjacent to an activating group) is 1. The first-order valence-corrected chi connectivity index (χ1v) is 9.82. The van der Waals surface area contributed by atoms with Crippen molar-refractivity contribution in [2.75, 3.05) is 33.7 Å². The van der Waals surface area contributed by atoms with Gasteiger partial charge in [0.05, 0.1) is 0 Å². The van der Waals surface area contributed by atoms with Gasteiger partial charge < -0.3 is 35.8 Å². The van der Waals surface area contributed by atoms with Crippen LogP contribution >= 0.6 is 0 Å². The zero-order chi connectivity index (χ0) is 22.4. The highest BCUT2D eigenvalue weighted by atomic mass is 16.3. The maximum absolute atomic E-state index is 12.6. The van der Waals surface area contributed by atoms with Crippen LogP contribution in [0.4, 0.5) is 0 Å². The number of phenolic OH excluding ortho intramolecular Hbond substituents is 2. The van der Waals surface area contributed by atoms with Crippen molar-refractivity contribution < 1.29 is 29.7 Å². The molecule has 10 nitrogen and oxygen atoms in total. The molecule has 3 amide bonds. The van der Waals surface area contributed by atoms with Crippen LogP contribution in [0.2, 0.25) is 0 Å². The number of amides is 3. The minimum Gasteiger partial charge on any atom is -0.504 e. The first kappa shape index (κ1) is 23.4. The Balaban J connectivity index is 1.84. The molecular weight excluding hydrogens is 392 g/mol. The molecule has 5 N–H and O–H groups in total. The van der Waals surface area contributed by atoms with Crippen molar-refractivity contribution in [2.24, 2.45) is 0 Å². The minimum absolute atomic E-state index is 0.0960. The van der Waals surface area contributed by atoms with Crippen molar-refractivity contribution >= 4 is 17.7 Å². The summed E-state index contributed by atoms with van der Waals surface area (Å²) in [6.07, 6.45) is -0.973. The molecule has 10 heteroatoms. The van der Waals surface area contributed by atoms with Crippen LogP contribution in [-0.4, -0.2) is 94.8 Å². The van der Waals surface area contributed by atoms with Gasteiger partial charge in [-0.25, -0.2) is 0 Å². The number of phenols is 2. The predicted octanol–water partition coefficient (Wildman–Crippen LogP) is -1.22. The van der Waals surface area contributed by atoms with Crippen LogP contribution in [0.25, 0.3) is 0 Å². The van der Waals surface area contributed by atoms with E-state index >= 15 is 0 Å². The number of aliphatic hydroxyl groups is 1. The zero-order valence-corrected chi connectivity index (χ0v) is 17.5. The molecule has 1 aliphatic heterocycles. The molecule has 1 aliphatic rings. The number of carbonyl (C=O) groups excluding carboxylic acids is 3. The summed E-state index contributed by atoms with van der Waals surface area (Å²) in [5, 5.41) is 34.2. The Morgan fingerprint density at radius 2 is 1.93 bits per heavy atom. The Hall–Kier alpha value is -2.85. The van der Waals surface area contributed by atoms with Crippen LogP contribution in [-0.2, 0) is 20.8 Å². The minimum atomic E-state index is -1.44. The molecule has 0 spiro atoms. The second-order valence-electron chi connectivity index (χ2n) is 7.70. The van der Waals surface area contributed by atoms with Crippen LogP contribution < -0.4 is 10.6 Å². The van der Waals surface area contributed by atoms with Crippen molar-refractivity contribution in [3.8, 4) is 11.5 Å². The number of hydrogen-bond acceptors (Lipinski definition) is 7. The number of benzene rings is 1. The van der Waals surface area contributed by atoms with E-state index < -0.39 is 30.0 Å². The smallest absolute Gasteiger partial charge is 0.249 e. The highest BCUT2D eigenvalue weighted by Crippen LogP contribution is 2.25. The number of aromatic hydroxyl groups is 2. The van der Waals surface area contributed by atoms with Crippen LogP contribution in [0.5, 0.6) is 11.5 Å². The topological polar surface area (TPSA) is 142 Å². The first-order chi connectivity index (χ1) is 14.1. The van der Waals surface area contributed by atoms with Gasteiger partial charge in [-0.05, 0) is 45.1 Å². The zero-order valence-electron chi connectivity index (χ0n) is 17.5. The quantitative estimate of drug-likeness (QED) is 0.314. The van der Waals surface area contributed by atoms with E-state index in [4.69, 9.17) is 0 Å². The molecule has 30 heavy (non-hydrogen) atoms. The van der Waals surface area contributed by atoms with Gasteiger partial charge in [0.2, 0.25) is 17.7 Å². The lowest BCUT2D eigenvalue weighted by Gasteiger charge is -2.41. The number of nitrogens with zero attached hydrogens (tertiary/aromatic N) is 2. The van der Waals surface area contributed by atoms with Crippen molar-refractivity contribution in [1.29, 1.82) is 0 Å². The molecular formula is C20H30N4O6. The van der Waals surface area contributed by atoms with Crippen LogP contribution in [0, 0.1) is 0 Å². The molecule has 0 saturated carbocycles. The number of carbonyl (C=O) groups is 3. The average molecular weight is 422 g/mol. The van der Waals surface area contributed by atoms with Gasteiger partial charge in [-0.2, -0.15) is 0 Å². The molecule has 0 bridgehead atoms. The molecule has 3 unspecified atom stereocenters. The summed E-state index contributed by atoms with van der Waals surface area (Å²) in [5.41, 5.74) is 0.448. The monoisotopic (exact) mass is 422 g/mol. The molecule has 166 valence electrons. The van der Waals surface area contributed by atoms with E-state index in [9.17, 15) is 29.7 Å². The second-order valence-corrected chi connectivity index (χ2v) is 7.70. The highest BCUT2D eigenvalue weighted by molar-refractivity contribution is 5.93. The summed E-state index contributed by atoms with van der Waals surface area (Å²) in [4.78, 5) is 40.4. The number of hydrogen-bond donors (Lipinski definition) is 5. The molecule has 0 radical (unpaired) electrons. The summed E-state index contributed by atoms with van der Waals surface area (Å²) in [6.45, 7) is 3.10. The SMILES string of the molecule is CC(NC(=O)C(O)Cc1ccc(O)c(O)c1)C(=O)N1CCC1C(=O)NCCN(C)C. The van der Waals surface area contributed by atoms with E-state index in [0.29, 0.717) is 31.6 Å².